The molecule has 2 amide bonds. The molecule has 3 rings (SSSR count). The maximum absolute atomic E-state index is 12.5. The van der Waals surface area contributed by atoms with Gasteiger partial charge in [0, 0.05) is 17.3 Å². The summed E-state index contributed by atoms with van der Waals surface area (Å²) in [5.74, 6) is 0.404. The van der Waals surface area contributed by atoms with Crippen molar-refractivity contribution >= 4 is 79.4 Å². The number of hydrogen-bond donors (Lipinski definition) is 1. The number of carbonyl (C=O) groups is 2. The van der Waals surface area contributed by atoms with E-state index in [9.17, 15) is 9.59 Å². The monoisotopic (exact) mass is 568 g/mol. The van der Waals surface area contributed by atoms with Gasteiger partial charge in [-0.15, -0.1) is 0 Å². The number of nitrogens with zero attached hydrogens (tertiary/aromatic N) is 1. The lowest BCUT2D eigenvalue weighted by atomic mass is 10.2. The van der Waals surface area contributed by atoms with E-state index in [-0.39, 0.29) is 18.4 Å². The molecule has 174 valence electrons. The summed E-state index contributed by atoms with van der Waals surface area (Å²) < 4.78 is 12.7. The van der Waals surface area contributed by atoms with Gasteiger partial charge < -0.3 is 14.8 Å². The second-order valence-electron chi connectivity index (χ2n) is 6.94. The summed E-state index contributed by atoms with van der Waals surface area (Å²) in [6, 6.07) is 8.87. The van der Waals surface area contributed by atoms with Gasteiger partial charge >= 0.3 is 0 Å². The second-order valence-corrected chi connectivity index (χ2v) is 9.88. The summed E-state index contributed by atoms with van der Waals surface area (Å²) in [6.07, 6.45) is 1.76. The molecular weight excluding hydrogens is 548 g/mol. The largest absolute Gasteiger partial charge is 0.490 e. The van der Waals surface area contributed by atoms with Gasteiger partial charge in [-0.2, -0.15) is 0 Å². The van der Waals surface area contributed by atoms with E-state index >= 15 is 0 Å². The third-order valence-electron chi connectivity index (χ3n) is 4.71. The summed E-state index contributed by atoms with van der Waals surface area (Å²) in [5, 5.41) is 3.37. The first-order chi connectivity index (χ1) is 15.7. The summed E-state index contributed by atoms with van der Waals surface area (Å²) in [5.41, 5.74) is 2.15. The Morgan fingerprint density at radius 1 is 1.30 bits per heavy atom. The molecule has 1 aliphatic heterocycles. The summed E-state index contributed by atoms with van der Waals surface area (Å²) in [6.45, 7) is 6.27. The third kappa shape index (κ3) is 6.09. The number of thioether (sulfide) groups is 1. The topological polar surface area (TPSA) is 67.9 Å². The van der Waals surface area contributed by atoms with Crippen molar-refractivity contribution < 1.29 is 19.1 Å². The number of hydrogen-bond acceptors (Lipinski definition) is 6. The molecule has 0 atom stereocenters. The van der Waals surface area contributed by atoms with Crippen LogP contribution in [0.2, 0.25) is 5.02 Å². The Labute approximate surface area is 215 Å². The van der Waals surface area contributed by atoms with Crippen LogP contribution in [0.15, 0.2) is 39.7 Å². The van der Waals surface area contributed by atoms with Gasteiger partial charge in [0.25, 0.3) is 11.8 Å². The van der Waals surface area contributed by atoms with Gasteiger partial charge in [-0.1, -0.05) is 41.6 Å². The van der Waals surface area contributed by atoms with Crippen molar-refractivity contribution in [3.63, 3.8) is 0 Å². The van der Waals surface area contributed by atoms with Crippen LogP contribution in [-0.2, 0) is 9.59 Å². The van der Waals surface area contributed by atoms with Crippen molar-refractivity contribution in [3.05, 3.63) is 55.9 Å². The zero-order valence-electron chi connectivity index (χ0n) is 18.2. The van der Waals surface area contributed by atoms with Gasteiger partial charge in [0.05, 0.1) is 16.0 Å². The number of benzene rings is 2. The Balaban J connectivity index is 1.78. The first-order valence-electron chi connectivity index (χ1n) is 10.1. The molecule has 33 heavy (non-hydrogen) atoms. The number of halogens is 2. The third-order valence-corrected chi connectivity index (χ3v) is 7.08. The molecule has 2 aromatic carbocycles. The molecule has 0 spiro atoms. The summed E-state index contributed by atoms with van der Waals surface area (Å²) >= 11 is 16.1. The van der Waals surface area contributed by atoms with Crippen LogP contribution in [-0.4, -0.2) is 40.8 Å². The lowest BCUT2D eigenvalue weighted by Gasteiger charge is -2.15. The van der Waals surface area contributed by atoms with E-state index in [1.165, 1.54) is 11.8 Å². The highest BCUT2D eigenvalue weighted by molar-refractivity contribution is 9.10. The minimum atomic E-state index is -0.331. The molecule has 0 unspecified atom stereocenters. The molecule has 1 aliphatic rings. The van der Waals surface area contributed by atoms with E-state index in [4.69, 9.17) is 33.3 Å². The minimum absolute atomic E-state index is 0.116. The van der Waals surface area contributed by atoms with E-state index in [0.717, 1.165) is 11.1 Å². The number of likely N-dealkylation sites (N-methyl/N-ethyl adjacent to an activating group) is 1. The van der Waals surface area contributed by atoms with Gasteiger partial charge in [0.15, 0.2) is 18.1 Å². The van der Waals surface area contributed by atoms with Crippen molar-refractivity contribution in [1.29, 1.82) is 0 Å². The number of ether oxygens (including phenoxy) is 2. The smallest absolute Gasteiger partial charge is 0.266 e. The molecule has 2 aromatic rings. The first-order valence-corrected chi connectivity index (χ1v) is 12.5. The molecule has 0 bridgehead atoms. The van der Waals surface area contributed by atoms with Crippen LogP contribution in [0.4, 0.5) is 5.69 Å². The molecule has 0 aliphatic carbocycles. The Bertz CT molecular complexity index is 1140. The SMILES string of the molecule is CCOc1cc(/C=C2\SC(=S)N(CC)C2=O)cc(Br)c1OCC(=O)Nc1cccc(Cl)c1C. The predicted octanol–water partition coefficient (Wildman–Crippen LogP) is 6.05. The summed E-state index contributed by atoms with van der Waals surface area (Å²) in [7, 11) is 0. The number of nitrogens with one attached hydrogen (secondary N) is 1. The Morgan fingerprint density at radius 2 is 2.06 bits per heavy atom. The zero-order chi connectivity index (χ0) is 24.1. The van der Waals surface area contributed by atoms with Crippen LogP contribution in [0.1, 0.15) is 25.0 Å². The van der Waals surface area contributed by atoms with Gasteiger partial charge in [-0.05, 0) is 78.2 Å². The Hall–Kier alpha value is -2.07. The lowest BCUT2D eigenvalue weighted by Crippen LogP contribution is -2.27. The van der Waals surface area contributed by atoms with E-state index in [1.807, 2.05) is 20.8 Å². The van der Waals surface area contributed by atoms with Crippen molar-refractivity contribution in [2.75, 3.05) is 25.1 Å². The van der Waals surface area contributed by atoms with Crippen LogP contribution < -0.4 is 14.8 Å². The summed E-state index contributed by atoms with van der Waals surface area (Å²) in [4.78, 5) is 27.1. The van der Waals surface area contributed by atoms with Crippen molar-refractivity contribution in [2.45, 2.75) is 20.8 Å². The van der Waals surface area contributed by atoms with Gasteiger partial charge in [-0.3, -0.25) is 14.5 Å². The predicted molar refractivity (Wildman–Crippen MR) is 141 cm³/mol. The zero-order valence-corrected chi connectivity index (χ0v) is 22.2. The Kier molecular flexibility index (Phi) is 8.81. The second kappa shape index (κ2) is 11.4. The van der Waals surface area contributed by atoms with Gasteiger partial charge in [0.2, 0.25) is 0 Å². The van der Waals surface area contributed by atoms with Crippen LogP contribution in [0.3, 0.4) is 0 Å². The number of thiocarbonyl (C=S) groups is 1. The van der Waals surface area contributed by atoms with E-state index in [1.54, 1.807) is 41.3 Å². The van der Waals surface area contributed by atoms with Crippen molar-refractivity contribution in [1.82, 2.24) is 4.90 Å². The quantitative estimate of drug-likeness (QED) is 0.308. The van der Waals surface area contributed by atoms with Crippen LogP contribution in [0.5, 0.6) is 11.5 Å². The average molecular weight is 570 g/mol. The normalized spacial score (nSPS) is 14.7. The highest BCUT2D eigenvalue weighted by atomic mass is 79.9. The molecule has 0 aromatic heterocycles. The molecule has 1 N–H and O–H groups in total. The van der Waals surface area contributed by atoms with E-state index in [2.05, 4.69) is 21.2 Å². The van der Waals surface area contributed by atoms with Crippen molar-refractivity contribution in [2.24, 2.45) is 0 Å². The maximum atomic E-state index is 12.5. The number of carbonyl (C=O) groups excluding carboxylic acids is 2. The molecule has 1 saturated heterocycles. The molecule has 0 radical (unpaired) electrons. The standard InChI is InChI=1S/C23H22BrClN2O4S2/c1-4-27-22(29)19(33-23(27)32)11-14-9-15(24)21(18(10-14)30-5-2)31-12-20(28)26-17-8-6-7-16(25)13(17)3/h6-11H,4-5,12H2,1-3H3,(H,26,28)/b19-11-. The average Bonchev–Trinajstić information content (AvgIpc) is 3.03. The number of anilines is 1. The van der Waals surface area contributed by atoms with Crippen LogP contribution in [0.25, 0.3) is 6.08 Å². The molecule has 1 heterocycles. The number of rotatable bonds is 8. The number of amides is 2. The van der Waals surface area contributed by atoms with Crippen molar-refractivity contribution in [3.8, 4) is 11.5 Å². The van der Waals surface area contributed by atoms with E-state index < -0.39 is 0 Å². The van der Waals surface area contributed by atoms with Crippen LogP contribution in [0, 0.1) is 6.92 Å². The molecule has 1 fully saturated rings. The fraction of sp³-hybridized carbons (Fsp3) is 0.261. The lowest BCUT2D eigenvalue weighted by molar-refractivity contribution is -0.122. The fourth-order valence-corrected chi connectivity index (χ4v) is 5.20. The Morgan fingerprint density at radius 3 is 2.73 bits per heavy atom. The molecule has 6 nitrogen and oxygen atoms in total. The van der Waals surface area contributed by atoms with Gasteiger partial charge in [-0.25, -0.2) is 0 Å². The molecule has 10 heteroatoms. The van der Waals surface area contributed by atoms with Crippen LogP contribution >= 0.6 is 51.5 Å². The fourth-order valence-electron chi connectivity index (χ4n) is 3.07. The minimum Gasteiger partial charge on any atom is -0.490 e. The highest BCUT2D eigenvalue weighted by Crippen LogP contribution is 2.39. The van der Waals surface area contributed by atoms with E-state index in [0.29, 0.717) is 49.1 Å². The molecule has 0 saturated carbocycles. The maximum Gasteiger partial charge on any atom is 0.266 e. The van der Waals surface area contributed by atoms with Gasteiger partial charge in [0.1, 0.15) is 4.32 Å². The first kappa shape index (κ1) is 25.6. The highest BCUT2D eigenvalue weighted by Gasteiger charge is 2.30. The molecular formula is C23H22BrClN2O4S2.